The molecule has 4 heteroatoms. The molecule has 0 aliphatic rings. The number of aliphatic carboxylic acids is 1. The van der Waals surface area contributed by atoms with Gasteiger partial charge in [-0.1, -0.05) is 14.4 Å². The quantitative estimate of drug-likeness (QED) is 0.477. The standard InChI is InChI=1S/C4H8O2S.CH4.Ca.2H/c1-2-3(7)4(5)6;;;;/h3,7H,2H2,1H3,(H,5,6);1H4;;;. The van der Waals surface area contributed by atoms with E-state index >= 15 is 0 Å². The second kappa shape index (κ2) is 9.08. The second-order valence-corrected chi connectivity index (χ2v) is 1.89. The van der Waals surface area contributed by atoms with E-state index in [0.717, 1.165) is 0 Å². The van der Waals surface area contributed by atoms with Crippen LogP contribution in [0, 0.1) is 0 Å². The Bertz CT molecular complexity index is 77.4. The van der Waals surface area contributed by atoms with Gasteiger partial charge in [-0.25, -0.2) is 0 Å². The Morgan fingerprint density at radius 2 is 2.11 bits per heavy atom. The van der Waals surface area contributed by atoms with E-state index < -0.39 is 11.2 Å². The fourth-order valence-electron chi connectivity index (χ4n) is 0.175. The van der Waals surface area contributed by atoms with Crippen LogP contribution in [0.25, 0.3) is 0 Å². The predicted molar refractivity (Wildman–Crippen MR) is 46.0 cm³/mol. The number of carboxylic acids is 1. The topological polar surface area (TPSA) is 37.3 Å². The van der Waals surface area contributed by atoms with Crippen molar-refractivity contribution in [3.05, 3.63) is 0 Å². The van der Waals surface area contributed by atoms with Crippen molar-refractivity contribution in [3.63, 3.8) is 0 Å². The Kier molecular flexibility index (Phi) is 16.7. The van der Waals surface area contributed by atoms with Gasteiger partial charge in [0.25, 0.3) is 0 Å². The van der Waals surface area contributed by atoms with Crippen molar-refractivity contribution in [2.75, 3.05) is 0 Å². The second-order valence-electron chi connectivity index (χ2n) is 1.26. The molecule has 9 heavy (non-hydrogen) atoms. The number of carboxylic acid groups (broad SMARTS) is 1. The molecular formula is C5H14CaO2S. The Morgan fingerprint density at radius 3 is 2.11 bits per heavy atom. The summed E-state index contributed by atoms with van der Waals surface area (Å²) in [4.78, 5) is 9.85. The molecule has 0 fully saturated rings. The number of carbonyl (C=O) groups is 1. The first-order valence-electron chi connectivity index (χ1n) is 2.09. The summed E-state index contributed by atoms with van der Waals surface area (Å²) in [7, 11) is 0. The van der Waals surface area contributed by atoms with Crippen molar-refractivity contribution in [3.8, 4) is 0 Å². The van der Waals surface area contributed by atoms with Crippen LogP contribution in [0.15, 0.2) is 0 Å². The molecule has 54 valence electrons. The van der Waals surface area contributed by atoms with Crippen molar-refractivity contribution >= 4 is 56.3 Å². The minimum absolute atomic E-state index is 0. The first-order chi connectivity index (χ1) is 3.18. The van der Waals surface area contributed by atoms with Crippen LogP contribution in [0.2, 0.25) is 0 Å². The Balaban J connectivity index is -0.000000180. The molecule has 0 aromatic heterocycles. The SMILES string of the molecule is C.CCC(S)C(=O)O.[CaH2]. The van der Waals surface area contributed by atoms with Crippen LogP contribution in [0.4, 0.5) is 0 Å². The third-order valence-electron chi connectivity index (χ3n) is 0.672. The van der Waals surface area contributed by atoms with E-state index in [2.05, 4.69) is 12.6 Å². The zero-order valence-corrected chi connectivity index (χ0v) is 4.98. The molecule has 0 radical (unpaired) electrons. The van der Waals surface area contributed by atoms with Gasteiger partial charge in [0.15, 0.2) is 0 Å². The van der Waals surface area contributed by atoms with E-state index in [1.54, 1.807) is 6.92 Å². The molecule has 0 saturated heterocycles. The molecule has 0 saturated carbocycles. The maximum atomic E-state index is 9.85. The van der Waals surface area contributed by atoms with E-state index in [-0.39, 0.29) is 45.2 Å². The van der Waals surface area contributed by atoms with E-state index in [1.807, 2.05) is 0 Å². The Morgan fingerprint density at radius 1 is 1.78 bits per heavy atom. The van der Waals surface area contributed by atoms with Gasteiger partial charge in [-0.3, -0.25) is 4.79 Å². The maximum absolute atomic E-state index is 9.85. The van der Waals surface area contributed by atoms with Crippen LogP contribution in [0.5, 0.6) is 0 Å². The van der Waals surface area contributed by atoms with Crippen LogP contribution in [0.3, 0.4) is 0 Å². The van der Waals surface area contributed by atoms with Crippen LogP contribution in [-0.2, 0) is 4.79 Å². The summed E-state index contributed by atoms with van der Waals surface area (Å²) in [6, 6.07) is 0. The summed E-state index contributed by atoms with van der Waals surface area (Å²) < 4.78 is 0. The normalized spacial score (nSPS) is 10.4. The summed E-state index contributed by atoms with van der Waals surface area (Å²) in [5, 5.41) is 7.62. The van der Waals surface area contributed by atoms with Crippen LogP contribution < -0.4 is 0 Å². The molecule has 0 aliphatic heterocycles. The molecule has 0 rings (SSSR count). The molecule has 0 amide bonds. The molecule has 0 aromatic rings. The average molecular weight is 178 g/mol. The average Bonchev–Trinajstić information content (AvgIpc) is 1.65. The van der Waals surface area contributed by atoms with Gasteiger partial charge in [0.05, 0.1) is 5.25 Å². The van der Waals surface area contributed by atoms with Crippen molar-refractivity contribution in [1.82, 2.24) is 0 Å². The van der Waals surface area contributed by atoms with Crippen molar-refractivity contribution in [2.45, 2.75) is 26.0 Å². The van der Waals surface area contributed by atoms with Gasteiger partial charge < -0.3 is 5.11 Å². The molecule has 1 N–H and O–H groups in total. The molecule has 0 bridgehead atoms. The van der Waals surface area contributed by atoms with Crippen LogP contribution >= 0.6 is 12.6 Å². The molecule has 0 aromatic carbocycles. The molecule has 0 heterocycles. The molecule has 2 nitrogen and oxygen atoms in total. The molecular weight excluding hydrogens is 164 g/mol. The third-order valence-corrected chi connectivity index (χ3v) is 1.26. The van der Waals surface area contributed by atoms with Crippen molar-refractivity contribution in [2.24, 2.45) is 0 Å². The van der Waals surface area contributed by atoms with E-state index in [0.29, 0.717) is 6.42 Å². The van der Waals surface area contributed by atoms with Crippen molar-refractivity contribution in [1.29, 1.82) is 0 Å². The van der Waals surface area contributed by atoms with E-state index in [9.17, 15) is 4.79 Å². The first kappa shape index (κ1) is 16.6. The fourth-order valence-corrected chi connectivity index (χ4v) is 0.175. The van der Waals surface area contributed by atoms with Gasteiger partial charge in [-0.05, 0) is 6.42 Å². The van der Waals surface area contributed by atoms with Gasteiger partial charge in [0.2, 0.25) is 0 Å². The van der Waals surface area contributed by atoms with Crippen molar-refractivity contribution < 1.29 is 9.90 Å². The van der Waals surface area contributed by atoms with Gasteiger partial charge in [0.1, 0.15) is 0 Å². The van der Waals surface area contributed by atoms with E-state index in [1.165, 1.54) is 0 Å². The zero-order valence-electron chi connectivity index (χ0n) is 4.09. The summed E-state index contributed by atoms with van der Waals surface area (Å²) in [5.41, 5.74) is 0. The van der Waals surface area contributed by atoms with E-state index in [4.69, 9.17) is 5.11 Å². The molecule has 1 atom stereocenters. The molecule has 0 aliphatic carbocycles. The number of hydrogen-bond donors (Lipinski definition) is 2. The summed E-state index contributed by atoms with van der Waals surface area (Å²) in [6.45, 7) is 1.78. The third kappa shape index (κ3) is 9.08. The van der Waals surface area contributed by atoms with Gasteiger partial charge >= 0.3 is 43.7 Å². The predicted octanol–water partition coefficient (Wildman–Crippen LogP) is 0.499. The summed E-state index contributed by atoms with van der Waals surface area (Å²) >= 11 is 3.73. The van der Waals surface area contributed by atoms with Crippen LogP contribution in [0.1, 0.15) is 20.8 Å². The molecule has 1 unspecified atom stereocenters. The Labute approximate surface area is 91.4 Å². The fraction of sp³-hybridized carbons (Fsp3) is 0.800. The Hall–Kier alpha value is 1.08. The monoisotopic (exact) mass is 178 g/mol. The van der Waals surface area contributed by atoms with Gasteiger partial charge in [-0.15, -0.1) is 0 Å². The number of hydrogen-bond acceptors (Lipinski definition) is 2. The van der Waals surface area contributed by atoms with Crippen LogP contribution in [-0.4, -0.2) is 54.1 Å². The zero-order chi connectivity index (χ0) is 5.86. The van der Waals surface area contributed by atoms with Gasteiger partial charge in [-0.2, -0.15) is 12.6 Å². The number of rotatable bonds is 2. The molecule has 0 spiro atoms. The number of thiol groups is 1. The minimum atomic E-state index is -0.842. The first-order valence-corrected chi connectivity index (χ1v) is 2.61. The summed E-state index contributed by atoms with van der Waals surface area (Å²) in [6.07, 6.45) is 0.582. The van der Waals surface area contributed by atoms with Gasteiger partial charge in [0, 0.05) is 0 Å². The summed E-state index contributed by atoms with van der Waals surface area (Å²) in [5.74, 6) is -0.842.